The number of rotatable bonds is 28. The van der Waals surface area contributed by atoms with E-state index in [-0.39, 0.29) is 69.0 Å². The number of anilines is 1. The Hall–Kier alpha value is -8.10. The summed E-state index contributed by atoms with van der Waals surface area (Å²) in [7, 11) is 6.41. The molecule has 7 amide bonds. The van der Waals surface area contributed by atoms with Gasteiger partial charge in [0, 0.05) is 64.9 Å². The number of esters is 2. The highest BCUT2D eigenvalue weighted by molar-refractivity contribution is 6.38. The number of hydrogen-bond acceptors (Lipinski definition) is 14. The number of carbonyl (C=O) groups excluding carboxylic acids is 10. The lowest BCUT2D eigenvalue weighted by atomic mass is 9.87. The fraction of sp³-hybridized carbons (Fsp3) is 0.538. The minimum atomic E-state index is -1.40. The largest absolute Gasteiger partial charge is 0.493 e. The second-order valence-corrected chi connectivity index (χ2v) is 23.5. The number of carbonyl (C=O) groups is 10. The number of ketones is 1. The smallest absolute Gasteiger partial charge is 0.330 e. The standard InChI is InChI=1S/C65H87N7O14/c1-11-34-68(7)59(77)50(38-42(3)4)69(8)60(78)47-26-19-36-70(47)61(79)48-27-20-37-71(48)62(80)57(44-21-14-13-15-22-44)67-55(74)33-32-54(73)66-46-24-18-23-45(40-46)51(30-28-43-29-31-52(83-9)53(39-43)84-10)86-64(82)49-25-16-17-35-72(49)63(81)58(76)65(5,6)41-85-56(75)12-2/h12-15,18,21-24,29,31,39-40,42,47-51,57H,2,11,16-17,19-20,25-28,30,32-38,41H2,1,3-10H3,(H,66,73)(H,67,74)/t47-,48-,49+,50+,51-,57?/m1/s1. The van der Waals surface area contributed by atoms with E-state index in [2.05, 4.69) is 17.2 Å². The van der Waals surface area contributed by atoms with Gasteiger partial charge in [0.05, 0.1) is 19.6 Å². The zero-order chi connectivity index (χ0) is 62.8. The van der Waals surface area contributed by atoms with E-state index in [0.717, 1.165) is 18.1 Å². The first kappa shape index (κ1) is 67.0. The molecule has 6 atom stereocenters. The van der Waals surface area contributed by atoms with Crippen LogP contribution in [0.1, 0.15) is 141 Å². The molecule has 21 nitrogen and oxygen atoms in total. The van der Waals surface area contributed by atoms with Crippen LogP contribution in [-0.2, 0) is 63.8 Å². The lowest BCUT2D eigenvalue weighted by Gasteiger charge is -2.36. The van der Waals surface area contributed by atoms with Crippen LogP contribution in [0.5, 0.6) is 11.5 Å². The number of Topliss-reactive ketones (excluding diaryl/α,β-unsaturated/α-hetero) is 1. The molecule has 0 aromatic heterocycles. The van der Waals surface area contributed by atoms with Crippen LogP contribution < -0.4 is 20.1 Å². The molecule has 2 N–H and O–H groups in total. The van der Waals surface area contributed by atoms with Gasteiger partial charge in [-0.2, -0.15) is 0 Å². The van der Waals surface area contributed by atoms with Crippen molar-refractivity contribution in [2.75, 3.05) is 66.4 Å². The minimum Gasteiger partial charge on any atom is -0.493 e. The second kappa shape index (κ2) is 31.3. The van der Waals surface area contributed by atoms with Crippen molar-refractivity contribution in [1.29, 1.82) is 0 Å². The molecule has 3 aromatic rings. The Morgan fingerprint density at radius 3 is 2.07 bits per heavy atom. The van der Waals surface area contributed by atoms with E-state index < -0.39 is 83.1 Å². The molecule has 0 bridgehead atoms. The number of likely N-dealkylation sites (N-methyl/N-ethyl adjacent to an activating group) is 2. The average Bonchev–Trinajstić information content (AvgIpc) is 4.35. The highest BCUT2D eigenvalue weighted by Gasteiger charge is 2.46. The maximum absolute atomic E-state index is 14.7. The van der Waals surface area contributed by atoms with Crippen molar-refractivity contribution in [2.45, 2.75) is 154 Å². The van der Waals surface area contributed by atoms with Gasteiger partial charge in [0.1, 0.15) is 42.9 Å². The quantitative estimate of drug-likeness (QED) is 0.0426. The lowest BCUT2D eigenvalue weighted by molar-refractivity contribution is -0.165. The number of hydrogen-bond donors (Lipinski definition) is 2. The third-order valence-corrected chi connectivity index (χ3v) is 16.2. The highest BCUT2D eigenvalue weighted by Crippen LogP contribution is 2.34. The number of amides is 7. The van der Waals surface area contributed by atoms with E-state index in [1.165, 1.54) is 42.8 Å². The first-order valence-electron chi connectivity index (χ1n) is 30.0. The Morgan fingerprint density at radius 1 is 0.744 bits per heavy atom. The highest BCUT2D eigenvalue weighted by atomic mass is 16.5. The molecule has 0 aliphatic carbocycles. The molecule has 0 saturated carbocycles. The molecule has 0 spiro atoms. The molecular formula is C65H87N7O14. The van der Waals surface area contributed by atoms with E-state index >= 15 is 0 Å². The van der Waals surface area contributed by atoms with Crippen LogP contribution in [0.15, 0.2) is 85.5 Å². The van der Waals surface area contributed by atoms with Crippen molar-refractivity contribution in [1.82, 2.24) is 29.8 Å². The van der Waals surface area contributed by atoms with Gasteiger partial charge >= 0.3 is 11.9 Å². The molecule has 21 heteroatoms. The van der Waals surface area contributed by atoms with Crippen molar-refractivity contribution in [3.05, 3.63) is 102 Å². The van der Waals surface area contributed by atoms with Crippen LogP contribution in [0.25, 0.3) is 0 Å². The zero-order valence-electron chi connectivity index (χ0n) is 51.4. The molecule has 3 fully saturated rings. The molecule has 6 rings (SSSR count). The molecule has 0 radical (unpaired) electrons. The van der Waals surface area contributed by atoms with Gasteiger partial charge < -0.3 is 54.1 Å². The van der Waals surface area contributed by atoms with Crippen LogP contribution in [-0.4, -0.2) is 169 Å². The molecule has 3 aliphatic rings. The van der Waals surface area contributed by atoms with Crippen LogP contribution in [0, 0.1) is 11.3 Å². The number of aryl methyl sites for hydroxylation is 1. The number of methoxy groups -OCH3 is 2. The average molecular weight is 1190 g/mol. The van der Waals surface area contributed by atoms with Gasteiger partial charge in [-0.1, -0.05) is 75.9 Å². The second-order valence-electron chi connectivity index (χ2n) is 23.5. The molecule has 3 aliphatic heterocycles. The van der Waals surface area contributed by atoms with E-state index in [9.17, 15) is 47.9 Å². The van der Waals surface area contributed by atoms with Crippen LogP contribution >= 0.6 is 0 Å². The first-order valence-corrected chi connectivity index (χ1v) is 30.0. The van der Waals surface area contributed by atoms with E-state index in [1.807, 2.05) is 32.9 Å². The van der Waals surface area contributed by atoms with Crippen molar-refractivity contribution in [3.63, 3.8) is 0 Å². The molecular weight excluding hydrogens is 1100 g/mol. The molecule has 1 unspecified atom stereocenters. The van der Waals surface area contributed by atoms with E-state index in [0.29, 0.717) is 92.8 Å². The van der Waals surface area contributed by atoms with Crippen LogP contribution in [0.4, 0.5) is 5.69 Å². The van der Waals surface area contributed by atoms with Gasteiger partial charge in [-0.15, -0.1) is 0 Å². The summed E-state index contributed by atoms with van der Waals surface area (Å²) in [5, 5.41) is 5.69. The Balaban J connectivity index is 1.14. The molecule has 3 saturated heterocycles. The summed E-state index contributed by atoms with van der Waals surface area (Å²) >= 11 is 0. The number of nitrogens with zero attached hydrogens (tertiary/aromatic N) is 5. The summed E-state index contributed by atoms with van der Waals surface area (Å²) in [5.41, 5.74) is 0.738. The summed E-state index contributed by atoms with van der Waals surface area (Å²) < 4.78 is 22.4. The summed E-state index contributed by atoms with van der Waals surface area (Å²) in [4.78, 5) is 146. The Kier molecular flexibility index (Phi) is 24.4. The number of likely N-dealkylation sites (tertiary alicyclic amines) is 3. The summed E-state index contributed by atoms with van der Waals surface area (Å²) in [6.07, 6.45) is 4.49. The Labute approximate surface area is 505 Å². The Bertz CT molecular complexity index is 2930. The van der Waals surface area contributed by atoms with Crippen molar-refractivity contribution in [3.8, 4) is 11.5 Å². The predicted molar refractivity (Wildman–Crippen MR) is 321 cm³/mol. The Morgan fingerprint density at radius 2 is 1.40 bits per heavy atom. The third kappa shape index (κ3) is 17.3. The molecule has 3 heterocycles. The van der Waals surface area contributed by atoms with E-state index in [4.69, 9.17) is 18.9 Å². The SMILES string of the molecule is C=CC(=O)OCC(C)(C)C(=O)C(=O)N1CCCC[C@H]1C(=O)O[C@H](CCc1ccc(OC)c(OC)c1)c1cccc(NC(=O)CCC(=O)NC(C(=O)N2CCC[C@@H]2C(=O)N2CCC[C@@H]2C(=O)N(C)[C@@H](CC(C)C)C(=O)N(C)CCC)c2ccccc2)c1. The minimum absolute atomic E-state index is 0.121. The summed E-state index contributed by atoms with van der Waals surface area (Å²) in [5.74, 6) is -4.54. The lowest BCUT2D eigenvalue weighted by Crippen LogP contribution is -2.57. The monoisotopic (exact) mass is 1190 g/mol. The predicted octanol–water partition coefficient (Wildman–Crippen LogP) is 6.93. The van der Waals surface area contributed by atoms with Crippen molar-refractivity contribution < 1.29 is 66.9 Å². The van der Waals surface area contributed by atoms with Crippen molar-refractivity contribution >= 4 is 64.8 Å². The maximum atomic E-state index is 14.7. The van der Waals surface area contributed by atoms with Gasteiger partial charge in [0.25, 0.3) is 5.91 Å². The van der Waals surface area contributed by atoms with Gasteiger partial charge in [0.2, 0.25) is 41.2 Å². The number of benzene rings is 3. The van der Waals surface area contributed by atoms with Crippen LogP contribution in [0.2, 0.25) is 0 Å². The zero-order valence-corrected chi connectivity index (χ0v) is 51.4. The van der Waals surface area contributed by atoms with Gasteiger partial charge in [-0.25, -0.2) is 9.59 Å². The fourth-order valence-electron chi connectivity index (χ4n) is 11.4. The molecule has 466 valence electrons. The molecule has 86 heavy (non-hydrogen) atoms. The third-order valence-electron chi connectivity index (χ3n) is 16.2. The fourth-order valence-corrected chi connectivity index (χ4v) is 11.4. The van der Waals surface area contributed by atoms with E-state index in [1.54, 1.807) is 84.6 Å². The number of nitrogens with one attached hydrogen (secondary N) is 2. The number of ether oxygens (including phenoxy) is 4. The maximum Gasteiger partial charge on any atom is 0.330 e. The first-order chi connectivity index (χ1) is 41.0. The summed E-state index contributed by atoms with van der Waals surface area (Å²) in [6.45, 7) is 13.1. The van der Waals surface area contributed by atoms with Gasteiger partial charge in [-0.3, -0.25) is 38.4 Å². The van der Waals surface area contributed by atoms with Crippen LogP contribution in [0.3, 0.4) is 0 Å². The molecule has 3 aromatic carbocycles. The number of piperidine rings is 1. The normalized spacial score (nSPS) is 17.8. The van der Waals surface area contributed by atoms with Crippen molar-refractivity contribution in [2.24, 2.45) is 11.3 Å². The van der Waals surface area contributed by atoms with Gasteiger partial charge in [-0.05, 0) is 131 Å². The topological polar surface area (TPSA) is 248 Å². The van der Waals surface area contributed by atoms with Gasteiger partial charge in [0.15, 0.2) is 11.5 Å². The summed E-state index contributed by atoms with van der Waals surface area (Å²) in [6, 6.07) is 16.1.